The molecule has 0 spiro atoms. The summed E-state index contributed by atoms with van der Waals surface area (Å²) < 4.78 is 0. The van der Waals surface area contributed by atoms with Crippen molar-refractivity contribution in [3.8, 4) is 0 Å². The van der Waals surface area contributed by atoms with E-state index in [4.69, 9.17) is 12.8 Å². The summed E-state index contributed by atoms with van der Waals surface area (Å²) in [5, 5.41) is 0. The summed E-state index contributed by atoms with van der Waals surface area (Å²) in [6, 6.07) is 0.551. The van der Waals surface area contributed by atoms with E-state index in [-0.39, 0.29) is 5.54 Å². The summed E-state index contributed by atoms with van der Waals surface area (Å²) in [5.41, 5.74) is 0.0100. The van der Waals surface area contributed by atoms with E-state index in [1.165, 1.54) is 63.7 Å². The molecule has 2 rings (SSSR count). The van der Waals surface area contributed by atoms with Crippen molar-refractivity contribution in [1.82, 2.24) is 4.90 Å². The number of likely N-dealkylation sites (tertiary alicyclic amines) is 1. The molecule has 0 N–H and O–H groups in total. The van der Waals surface area contributed by atoms with Crippen LogP contribution >= 0.6 is 0 Å². The van der Waals surface area contributed by atoms with Crippen LogP contribution in [0.15, 0.2) is 4.99 Å². The topological polar surface area (TPSA) is 15.6 Å². The van der Waals surface area contributed by atoms with Gasteiger partial charge in [-0.3, -0.25) is 4.99 Å². The van der Waals surface area contributed by atoms with Crippen LogP contribution in [0.3, 0.4) is 0 Å². The van der Waals surface area contributed by atoms with Gasteiger partial charge in [0.25, 0.3) is 0 Å². The average Bonchev–Trinajstić information content (AvgIpc) is 2.44. The zero-order chi connectivity index (χ0) is 17.0. The minimum atomic E-state index is 0.0100. The number of nitrogens with zero attached hydrogens (tertiary/aromatic N) is 2. The van der Waals surface area contributed by atoms with Crippen molar-refractivity contribution in [2.24, 2.45) is 16.8 Å². The SMILES string of the molecule is [B]C1CCCCCC2C(=NC(C)(C)C)N(C(C)C)CCC2CC1. The van der Waals surface area contributed by atoms with E-state index in [1.54, 1.807) is 0 Å². The van der Waals surface area contributed by atoms with Crippen LogP contribution in [0, 0.1) is 11.8 Å². The van der Waals surface area contributed by atoms with Crippen LogP contribution in [0.4, 0.5) is 0 Å². The van der Waals surface area contributed by atoms with E-state index in [0.29, 0.717) is 17.8 Å². The fraction of sp³-hybridized carbons (Fsp3) is 0.950. The lowest BCUT2D eigenvalue weighted by molar-refractivity contribution is 0.199. The van der Waals surface area contributed by atoms with E-state index in [0.717, 1.165) is 5.92 Å². The van der Waals surface area contributed by atoms with E-state index in [2.05, 4.69) is 39.5 Å². The first-order chi connectivity index (χ1) is 10.8. The Morgan fingerprint density at radius 2 is 1.70 bits per heavy atom. The summed E-state index contributed by atoms with van der Waals surface area (Å²) in [7, 11) is 6.32. The molecule has 1 aliphatic heterocycles. The summed E-state index contributed by atoms with van der Waals surface area (Å²) >= 11 is 0. The van der Waals surface area contributed by atoms with Crippen LogP contribution in [0.25, 0.3) is 0 Å². The van der Waals surface area contributed by atoms with Gasteiger partial charge in [0.05, 0.1) is 13.4 Å². The predicted molar refractivity (Wildman–Crippen MR) is 102 cm³/mol. The Morgan fingerprint density at radius 3 is 2.35 bits per heavy atom. The number of fused-ring (bicyclic) bond motifs is 1. The van der Waals surface area contributed by atoms with E-state index in [1.807, 2.05) is 0 Å². The third-order valence-corrected chi connectivity index (χ3v) is 5.51. The van der Waals surface area contributed by atoms with E-state index >= 15 is 0 Å². The van der Waals surface area contributed by atoms with Crippen molar-refractivity contribution in [2.45, 2.75) is 103 Å². The van der Waals surface area contributed by atoms with Gasteiger partial charge in [-0.05, 0) is 53.4 Å². The Kier molecular flexibility index (Phi) is 6.62. The first kappa shape index (κ1) is 18.9. The van der Waals surface area contributed by atoms with Gasteiger partial charge in [0, 0.05) is 18.5 Å². The van der Waals surface area contributed by atoms with Gasteiger partial charge < -0.3 is 4.90 Å². The van der Waals surface area contributed by atoms with Gasteiger partial charge in [-0.1, -0.05) is 44.3 Å². The molecule has 0 amide bonds. The maximum absolute atomic E-state index is 6.32. The highest BCUT2D eigenvalue weighted by Crippen LogP contribution is 2.37. The molecule has 130 valence electrons. The second-order valence-corrected chi connectivity index (χ2v) is 9.06. The Morgan fingerprint density at radius 1 is 1.00 bits per heavy atom. The number of hydrogen-bond acceptors (Lipinski definition) is 1. The number of piperidine rings is 1. The van der Waals surface area contributed by atoms with Crippen molar-refractivity contribution in [2.75, 3.05) is 6.54 Å². The number of aliphatic imine (C=N–C) groups is 1. The molecular weight excluding hydrogens is 279 g/mol. The van der Waals surface area contributed by atoms with Gasteiger partial charge in [-0.2, -0.15) is 0 Å². The Bertz CT molecular complexity index is 397. The fourth-order valence-corrected chi connectivity index (χ4v) is 4.29. The zero-order valence-corrected chi connectivity index (χ0v) is 16.1. The molecular formula is C20H37BN2. The molecule has 2 radical (unpaired) electrons. The lowest BCUT2D eigenvalue weighted by Crippen LogP contribution is -2.49. The average molecular weight is 316 g/mol. The van der Waals surface area contributed by atoms with Crippen LogP contribution in [0.1, 0.15) is 86.0 Å². The Balaban J connectivity index is 2.26. The molecule has 1 saturated heterocycles. The molecule has 3 unspecified atom stereocenters. The van der Waals surface area contributed by atoms with Crippen LogP contribution in [0.5, 0.6) is 0 Å². The Labute approximate surface area is 145 Å². The van der Waals surface area contributed by atoms with Crippen molar-refractivity contribution in [3.63, 3.8) is 0 Å². The molecule has 2 fully saturated rings. The molecule has 0 aromatic carbocycles. The van der Waals surface area contributed by atoms with Gasteiger partial charge in [0.15, 0.2) is 0 Å². The fourth-order valence-electron chi connectivity index (χ4n) is 4.29. The van der Waals surface area contributed by atoms with Gasteiger partial charge in [-0.15, -0.1) is 0 Å². The summed E-state index contributed by atoms with van der Waals surface area (Å²) in [4.78, 5) is 7.79. The first-order valence-electron chi connectivity index (χ1n) is 9.90. The first-order valence-corrected chi connectivity index (χ1v) is 9.90. The molecule has 1 aliphatic carbocycles. The summed E-state index contributed by atoms with van der Waals surface area (Å²) in [6.45, 7) is 12.5. The van der Waals surface area contributed by atoms with Gasteiger partial charge in [-0.25, -0.2) is 0 Å². The summed E-state index contributed by atoms with van der Waals surface area (Å²) in [6.07, 6.45) is 10.3. The highest BCUT2D eigenvalue weighted by atomic mass is 15.2. The number of hydrogen-bond donors (Lipinski definition) is 0. The van der Waals surface area contributed by atoms with Crippen LogP contribution in [-0.2, 0) is 0 Å². The Hall–Kier alpha value is -0.465. The van der Waals surface area contributed by atoms with E-state index < -0.39 is 0 Å². The van der Waals surface area contributed by atoms with Gasteiger partial charge in [0.1, 0.15) is 5.84 Å². The second-order valence-electron chi connectivity index (χ2n) is 9.06. The quantitative estimate of drug-likeness (QED) is 0.605. The lowest BCUT2D eigenvalue weighted by Gasteiger charge is -2.45. The van der Waals surface area contributed by atoms with Crippen molar-refractivity contribution < 1.29 is 0 Å². The minimum absolute atomic E-state index is 0.0100. The number of amidine groups is 1. The third kappa shape index (κ3) is 5.53. The largest absolute Gasteiger partial charge is 0.358 e. The standard InChI is InChI=1S/C20H37BN2/c1-15(2)23-14-13-16-11-12-17(21)9-7-6-8-10-18(16)19(23)22-20(3,4)5/h15-18H,6-14H2,1-5H3. The van der Waals surface area contributed by atoms with Crippen LogP contribution < -0.4 is 0 Å². The molecule has 0 aromatic rings. The van der Waals surface area contributed by atoms with Crippen molar-refractivity contribution >= 4 is 13.7 Å². The lowest BCUT2D eigenvalue weighted by atomic mass is 9.71. The van der Waals surface area contributed by atoms with E-state index in [9.17, 15) is 0 Å². The van der Waals surface area contributed by atoms with Gasteiger partial charge in [0.2, 0.25) is 0 Å². The third-order valence-electron chi connectivity index (χ3n) is 5.51. The molecule has 0 aromatic heterocycles. The molecule has 23 heavy (non-hydrogen) atoms. The molecule has 3 heteroatoms. The predicted octanol–water partition coefficient (Wildman–Crippen LogP) is 5.23. The number of rotatable bonds is 1. The molecule has 2 nitrogen and oxygen atoms in total. The highest BCUT2D eigenvalue weighted by molar-refractivity contribution is 6.11. The van der Waals surface area contributed by atoms with Crippen LogP contribution in [0.2, 0.25) is 5.82 Å². The minimum Gasteiger partial charge on any atom is -0.358 e. The maximum Gasteiger partial charge on any atom is 0.103 e. The smallest absolute Gasteiger partial charge is 0.103 e. The van der Waals surface area contributed by atoms with Crippen LogP contribution in [-0.4, -0.2) is 36.7 Å². The molecule has 2 aliphatic rings. The van der Waals surface area contributed by atoms with Crippen molar-refractivity contribution in [3.05, 3.63) is 0 Å². The second kappa shape index (κ2) is 8.07. The summed E-state index contributed by atoms with van der Waals surface area (Å²) in [5.74, 6) is 3.25. The van der Waals surface area contributed by atoms with Crippen molar-refractivity contribution in [1.29, 1.82) is 0 Å². The maximum atomic E-state index is 6.32. The van der Waals surface area contributed by atoms with Gasteiger partial charge >= 0.3 is 0 Å². The highest BCUT2D eigenvalue weighted by Gasteiger charge is 2.36. The molecule has 1 saturated carbocycles. The molecule has 1 heterocycles. The monoisotopic (exact) mass is 316 g/mol. The zero-order valence-electron chi connectivity index (χ0n) is 16.1. The molecule has 0 bridgehead atoms. The molecule has 3 atom stereocenters. The normalized spacial score (nSPS) is 32.9.